The number of hydrogen-bond donors (Lipinski definition) is 0. The first-order valence-electron chi connectivity index (χ1n) is 9.60. The van der Waals surface area contributed by atoms with Gasteiger partial charge in [0.1, 0.15) is 5.92 Å². The Kier molecular flexibility index (Phi) is 7.67. The van der Waals surface area contributed by atoms with E-state index >= 15 is 22.0 Å². The molecule has 0 heterocycles. The van der Waals surface area contributed by atoms with Gasteiger partial charge in [-0.2, -0.15) is 22.0 Å². The predicted octanol–water partition coefficient (Wildman–Crippen LogP) is 8.78. The van der Waals surface area contributed by atoms with E-state index in [9.17, 15) is 26.3 Å². The fourth-order valence-electron chi connectivity index (χ4n) is 3.52. The Balaban J connectivity index is 7.19. The average Bonchev–Trinajstić information content (AvgIpc) is 2.39. The van der Waals surface area contributed by atoms with Crippen LogP contribution in [0.25, 0.3) is 0 Å². The zero-order chi connectivity index (χ0) is 26.8. The van der Waals surface area contributed by atoms with E-state index in [1.54, 1.807) is 0 Å². The van der Waals surface area contributed by atoms with Crippen molar-refractivity contribution >= 4 is 0 Å². The Labute approximate surface area is 181 Å². The highest BCUT2D eigenvalue weighted by Crippen LogP contribution is 2.67. The molecule has 1 nitrogen and oxygen atoms in total. The van der Waals surface area contributed by atoms with Crippen LogP contribution in [-0.2, 0) is 4.74 Å². The molecule has 0 aliphatic rings. The zero-order valence-corrected chi connectivity index (χ0v) is 19.6. The van der Waals surface area contributed by atoms with Gasteiger partial charge in [0.05, 0.1) is 0 Å². The van der Waals surface area contributed by atoms with Crippen molar-refractivity contribution in [1.82, 2.24) is 0 Å². The number of rotatable bonds is 6. The summed E-state index contributed by atoms with van der Waals surface area (Å²) in [5.74, 6) is -18.6. The molecule has 0 fully saturated rings. The summed E-state index contributed by atoms with van der Waals surface area (Å²) in [4.78, 5) is 0. The van der Waals surface area contributed by atoms with Crippen molar-refractivity contribution in [1.29, 1.82) is 0 Å². The third-order valence-corrected chi connectivity index (χ3v) is 6.43. The summed E-state index contributed by atoms with van der Waals surface area (Å²) in [6.07, 6.45) is -11.7. The minimum Gasteiger partial charge on any atom is -0.247 e. The Morgan fingerprint density at radius 1 is 0.531 bits per heavy atom. The fourth-order valence-corrected chi connectivity index (χ4v) is 3.52. The lowest BCUT2D eigenvalue weighted by Crippen LogP contribution is -2.69. The van der Waals surface area contributed by atoms with Gasteiger partial charge in [-0.15, -0.1) is 13.2 Å². The normalized spacial score (nSPS) is 19.0. The van der Waals surface area contributed by atoms with E-state index in [0.29, 0.717) is 48.5 Å². The summed E-state index contributed by atoms with van der Waals surface area (Å²) in [7, 11) is 0. The summed E-state index contributed by atoms with van der Waals surface area (Å²) in [5, 5.41) is 0. The minimum atomic E-state index is -5.94. The van der Waals surface area contributed by atoms with Gasteiger partial charge in [0.25, 0.3) is 11.8 Å². The molecule has 32 heavy (non-hydrogen) atoms. The number of hydrogen-bond acceptors (Lipinski definition) is 1. The molecular weight excluding hydrogens is 465 g/mol. The molecule has 0 aliphatic heterocycles. The second-order valence-corrected chi connectivity index (χ2v) is 11.2. The van der Waals surface area contributed by atoms with Crippen molar-refractivity contribution in [2.75, 3.05) is 0 Å². The summed E-state index contributed by atoms with van der Waals surface area (Å²) >= 11 is 0. The first-order chi connectivity index (χ1) is 13.3. The third-order valence-electron chi connectivity index (χ3n) is 6.43. The van der Waals surface area contributed by atoms with Crippen LogP contribution in [0.1, 0.15) is 69.2 Å². The van der Waals surface area contributed by atoms with Gasteiger partial charge in [-0.1, -0.05) is 69.2 Å². The van der Waals surface area contributed by atoms with Gasteiger partial charge in [-0.05, 0) is 5.41 Å². The Morgan fingerprint density at radius 3 is 1.09 bits per heavy atom. The maximum atomic E-state index is 15.6. The quantitative estimate of drug-likeness (QED) is 0.334. The molecule has 0 spiro atoms. The third kappa shape index (κ3) is 4.99. The topological polar surface area (TPSA) is 9.23 Å². The fraction of sp³-hybridized carbons (Fsp3) is 1.00. The molecule has 0 rings (SSSR count). The van der Waals surface area contributed by atoms with Gasteiger partial charge in [-0.3, -0.25) is 0 Å². The molecule has 2 unspecified atom stereocenters. The highest BCUT2D eigenvalue weighted by atomic mass is 19.4. The van der Waals surface area contributed by atoms with Crippen molar-refractivity contribution in [3.8, 4) is 0 Å². The largest absolute Gasteiger partial charge is 0.525 e. The molecule has 0 saturated carbocycles. The smallest absolute Gasteiger partial charge is 0.247 e. The van der Waals surface area contributed by atoms with Crippen LogP contribution in [0.15, 0.2) is 0 Å². The molecule has 0 amide bonds. The monoisotopic (exact) mass is 496 g/mol. The molecule has 0 radical (unpaired) electrons. The van der Waals surface area contributed by atoms with Gasteiger partial charge < -0.3 is 0 Å². The molecule has 0 aliphatic carbocycles. The summed E-state index contributed by atoms with van der Waals surface area (Å²) < 4.78 is 160. The maximum absolute atomic E-state index is 15.6. The molecule has 194 valence electrons. The summed E-state index contributed by atoms with van der Waals surface area (Å²) in [6, 6.07) is 0. The Hall–Kier alpha value is -0.810. The van der Waals surface area contributed by atoms with Crippen molar-refractivity contribution in [2.45, 2.75) is 99.5 Å². The minimum absolute atomic E-state index is 0.324. The highest BCUT2D eigenvalue weighted by molar-refractivity contribution is 5.12. The van der Waals surface area contributed by atoms with E-state index < -0.39 is 57.8 Å². The molecule has 0 N–H and O–H groups in total. The molecule has 0 saturated heterocycles. The molecule has 0 aromatic heterocycles. The van der Waals surface area contributed by atoms with E-state index in [4.69, 9.17) is 0 Å². The van der Waals surface area contributed by atoms with Gasteiger partial charge >= 0.3 is 18.5 Å². The van der Waals surface area contributed by atoms with Gasteiger partial charge in [0, 0.05) is 16.2 Å². The second-order valence-electron chi connectivity index (χ2n) is 11.2. The van der Waals surface area contributed by atoms with E-state index in [1.807, 2.05) is 0 Å². The first-order valence-corrected chi connectivity index (χ1v) is 9.60. The lowest BCUT2D eigenvalue weighted by atomic mass is 9.52. The van der Waals surface area contributed by atoms with E-state index in [0.717, 1.165) is 20.8 Å². The van der Waals surface area contributed by atoms with Gasteiger partial charge in [0.15, 0.2) is 0 Å². The molecule has 12 heteroatoms. The van der Waals surface area contributed by atoms with Crippen LogP contribution in [0.2, 0.25) is 0 Å². The van der Waals surface area contributed by atoms with Crippen molar-refractivity contribution in [2.24, 2.45) is 27.6 Å². The summed E-state index contributed by atoms with van der Waals surface area (Å²) in [6.45, 7) is 5.62. The molecule has 0 bridgehead atoms. The van der Waals surface area contributed by atoms with Gasteiger partial charge in [0.2, 0.25) is 0 Å². The highest BCUT2D eigenvalue weighted by Gasteiger charge is 2.79. The standard InChI is InChI=1S/C20H31F11O/c1-12(2,3)16(21,22)11(17(23,24)25)14(7,8)15(9,10)18(26,27)19(28,13(4,5)6)32-20(29,30)31/h11H,1-10H3. The predicted molar refractivity (Wildman–Crippen MR) is 96.9 cm³/mol. The number of ether oxygens (including phenoxy) is 1. The Morgan fingerprint density at radius 2 is 0.875 bits per heavy atom. The van der Waals surface area contributed by atoms with Crippen LogP contribution >= 0.6 is 0 Å². The van der Waals surface area contributed by atoms with Crippen LogP contribution < -0.4 is 0 Å². The Bertz CT molecular complexity index is 661. The van der Waals surface area contributed by atoms with Crippen LogP contribution in [-0.4, -0.2) is 30.2 Å². The number of alkyl halides is 11. The van der Waals surface area contributed by atoms with Gasteiger partial charge in [-0.25, -0.2) is 17.9 Å². The molecule has 0 aromatic rings. The lowest BCUT2D eigenvalue weighted by Gasteiger charge is -2.57. The number of halogens is 11. The maximum Gasteiger partial charge on any atom is 0.525 e. The van der Waals surface area contributed by atoms with E-state index in [-0.39, 0.29) is 0 Å². The molecule has 0 aromatic carbocycles. The average molecular weight is 496 g/mol. The summed E-state index contributed by atoms with van der Waals surface area (Å²) in [5.41, 5.74) is -11.6. The van der Waals surface area contributed by atoms with Crippen molar-refractivity contribution < 1.29 is 53.0 Å². The van der Waals surface area contributed by atoms with E-state index in [1.165, 1.54) is 0 Å². The molecular formula is C20H31F11O. The van der Waals surface area contributed by atoms with Crippen molar-refractivity contribution in [3.63, 3.8) is 0 Å². The van der Waals surface area contributed by atoms with Crippen molar-refractivity contribution in [3.05, 3.63) is 0 Å². The SMILES string of the molecule is CC(C)(C)C(F)(F)C(C(F)(F)F)C(C)(C)C(C)(C)C(F)(F)C(F)(OC(F)(F)F)C(C)(C)C. The van der Waals surface area contributed by atoms with Crippen LogP contribution in [0, 0.1) is 27.6 Å². The van der Waals surface area contributed by atoms with Crippen LogP contribution in [0.3, 0.4) is 0 Å². The lowest BCUT2D eigenvalue weighted by molar-refractivity contribution is -0.469. The van der Waals surface area contributed by atoms with E-state index in [2.05, 4.69) is 4.74 Å². The second kappa shape index (κ2) is 7.86. The zero-order valence-electron chi connectivity index (χ0n) is 19.6. The van der Waals surface area contributed by atoms with Crippen LogP contribution in [0.5, 0.6) is 0 Å². The molecule has 2 atom stereocenters. The van der Waals surface area contributed by atoms with Crippen LogP contribution in [0.4, 0.5) is 48.3 Å². The first kappa shape index (κ1) is 31.2.